The van der Waals surface area contributed by atoms with Gasteiger partial charge in [-0.2, -0.15) is 0 Å². The smallest absolute Gasteiger partial charge is 0.222 e. The van der Waals surface area contributed by atoms with Crippen molar-refractivity contribution in [1.82, 2.24) is 9.80 Å². The highest BCUT2D eigenvalue weighted by molar-refractivity contribution is 5.77. The SMILES string of the molecule is CN1CCCC1=O.CN1CCCCCC1=O. The minimum atomic E-state index is 0.292. The first-order valence-corrected chi connectivity index (χ1v) is 6.09. The average molecular weight is 226 g/mol. The van der Waals surface area contributed by atoms with E-state index < -0.39 is 0 Å². The first-order valence-electron chi connectivity index (χ1n) is 6.09. The lowest BCUT2D eigenvalue weighted by Crippen LogP contribution is -2.25. The Balaban J connectivity index is 0.000000165. The Morgan fingerprint density at radius 1 is 0.750 bits per heavy atom. The van der Waals surface area contributed by atoms with E-state index in [1.807, 2.05) is 19.0 Å². The van der Waals surface area contributed by atoms with Crippen molar-refractivity contribution in [2.75, 3.05) is 27.2 Å². The molecule has 92 valence electrons. The molecule has 2 saturated heterocycles. The summed E-state index contributed by atoms with van der Waals surface area (Å²) in [6, 6.07) is 0. The summed E-state index contributed by atoms with van der Waals surface area (Å²) in [5.41, 5.74) is 0. The van der Waals surface area contributed by atoms with Crippen molar-refractivity contribution < 1.29 is 9.59 Å². The van der Waals surface area contributed by atoms with Gasteiger partial charge in [-0.3, -0.25) is 9.59 Å². The van der Waals surface area contributed by atoms with Crippen molar-refractivity contribution in [3.05, 3.63) is 0 Å². The number of hydrogen-bond acceptors (Lipinski definition) is 2. The highest BCUT2D eigenvalue weighted by Gasteiger charge is 2.14. The molecule has 2 heterocycles. The lowest BCUT2D eigenvalue weighted by Gasteiger charge is -2.11. The predicted molar refractivity (Wildman–Crippen MR) is 63.0 cm³/mol. The number of rotatable bonds is 0. The summed E-state index contributed by atoms with van der Waals surface area (Å²) < 4.78 is 0. The van der Waals surface area contributed by atoms with Gasteiger partial charge in [-0.15, -0.1) is 0 Å². The van der Waals surface area contributed by atoms with Crippen LogP contribution in [0.15, 0.2) is 0 Å². The fraction of sp³-hybridized carbons (Fsp3) is 0.833. The Labute approximate surface area is 97.6 Å². The normalized spacial score (nSPS) is 21.6. The second-order valence-electron chi connectivity index (χ2n) is 4.54. The van der Waals surface area contributed by atoms with Crippen LogP contribution in [-0.2, 0) is 9.59 Å². The van der Waals surface area contributed by atoms with Crippen LogP contribution < -0.4 is 0 Å². The molecule has 4 heteroatoms. The van der Waals surface area contributed by atoms with Gasteiger partial charge in [-0.25, -0.2) is 0 Å². The number of carbonyl (C=O) groups is 2. The predicted octanol–water partition coefficient (Wildman–Crippen LogP) is 1.26. The van der Waals surface area contributed by atoms with Crippen LogP contribution in [0.1, 0.15) is 38.5 Å². The summed E-state index contributed by atoms with van der Waals surface area (Å²) in [5, 5.41) is 0. The van der Waals surface area contributed by atoms with E-state index in [-0.39, 0.29) is 0 Å². The fourth-order valence-electron chi connectivity index (χ4n) is 1.90. The molecule has 2 amide bonds. The van der Waals surface area contributed by atoms with Gasteiger partial charge in [0.1, 0.15) is 0 Å². The van der Waals surface area contributed by atoms with Crippen LogP contribution in [-0.4, -0.2) is 48.8 Å². The summed E-state index contributed by atoms with van der Waals surface area (Å²) in [5.74, 6) is 0.604. The van der Waals surface area contributed by atoms with Gasteiger partial charge in [-0.1, -0.05) is 6.42 Å². The van der Waals surface area contributed by atoms with E-state index in [0.717, 1.165) is 38.8 Å². The summed E-state index contributed by atoms with van der Waals surface area (Å²) in [6.07, 6.45) is 6.06. The number of carbonyl (C=O) groups excluding carboxylic acids is 2. The fourth-order valence-corrected chi connectivity index (χ4v) is 1.90. The standard InChI is InChI=1S/C7H13NO.C5H9NO/c1-8-6-4-2-3-5-7(8)9;1-6-4-2-3-5(6)7/h2-6H2,1H3;2-4H2,1H3. The molecule has 0 saturated carbocycles. The molecule has 2 aliphatic heterocycles. The molecule has 2 fully saturated rings. The molecule has 4 nitrogen and oxygen atoms in total. The third-order valence-electron chi connectivity index (χ3n) is 3.12. The Morgan fingerprint density at radius 3 is 1.75 bits per heavy atom. The minimum Gasteiger partial charge on any atom is -0.346 e. The van der Waals surface area contributed by atoms with Crippen LogP contribution >= 0.6 is 0 Å². The molecular weight excluding hydrogens is 204 g/mol. The van der Waals surface area contributed by atoms with E-state index in [1.54, 1.807) is 4.90 Å². The molecule has 0 aliphatic carbocycles. The maximum absolute atomic E-state index is 10.9. The Hall–Kier alpha value is -1.06. The second kappa shape index (κ2) is 6.51. The van der Waals surface area contributed by atoms with E-state index in [2.05, 4.69) is 0 Å². The average Bonchev–Trinajstić information content (AvgIpc) is 2.52. The molecule has 2 aliphatic rings. The van der Waals surface area contributed by atoms with Gasteiger partial charge in [0.05, 0.1) is 0 Å². The zero-order chi connectivity index (χ0) is 12.0. The molecule has 0 N–H and O–H groups in total. The highest BCUT2D eigenvalue weighted by Crippen LogP contribution is 2.08. The number of nitrogens with zero attached hydrogens (tertiary/aromatic N) is 2. The molecule has 16 heavy (non-hydrogen) atoms. The summed E-state index contributed by atoms with van der Waals surface area (Å²) in [7, 11) is 3.73. The third-order valence-corrected chi connectivity index (χ3v) is 3.12. The number of hydrogen-bond donors (Lipinski definition) is 0. The quantitative estimate of drug-likeness (QED) is 0.624. The van der Waals surface area contributed by atoms with Crippen LogP contribution in [0.4, 0.5) is 0 Å². The highest BCUT2D eigenvalue weighted by atomic mass is 16.2. The molecule has 0 aromatic carbocycles. The zero-order valence-corrected chi connectivity index (χ0v) is 10.4. The van der Waals surface area contributed by atoms with Crippen LogP contribution in [0.5, 0.6) is 0 Å². The lowest BCUT2D eigenvalue weighted by molar-refractivity contribution is -0.129. The monoisotopic (exact) mass is 226 g/mol. The summed E-state index contributed by atoms with van der Waals surface area (Å²) in [6.45, 7) is 1.91. The van der Waals surface area contributed by atoms with Crippen LogP contribution in [0.25, 0.3) is 0 Å². The molecule has 0 aromatic heterocycles. The van der Waals surface area contributed by atoms with Gasteiger partial charge in [0.2, 0.25) is 11.8 Å². The molecule has 0 unspecified atom stereocenters. The van der Waals surface area contributed by atoms with Crippen LogP contribution in [0.2, 0.25) is 0 Å². The second-order valence-corrected chi connectivity index (χ2v) is 4.54. The molecule has 2 rings (SSSR count). The Bertz CT molecular complexity index is 253. The Morgan fingerprint density at radius 2 is 1.25 bits per heavy atom. The van der Waals surface area contributed by atoms with E-state index in [0.29, 0.717) is 11.8 Å². The van der Waals surface area contributed by atoms with Crippen molar-refractivity contribution in [2.45, 2.75) is 38.5 Å². The molecular formula is C12H22N2O2. The van der Waals surface area contributed by atoms with Crippen molar-refractivity contribution in [2.24, 2.45) is 0 Å². The summed E-state index contributed by atoms with van der Waals surface area (Å²) in [4.78, 5) is 25.0. The van der Waals surface area contributed by atoms with E-state index in [4.69, 9.17) is 0 Å². The van der Waals surface area contributed by atoms with Gasteiger partial charge in [0.25, 0.3) is 0 Å². The third kappa shape index (κ3) is 4.21. The maximum Gasteiger partial charge on any atom is 0.222 e. The number of amides is 2. The van der Waals surface area contributed by atoms with Gasteiger partial charge >= 0.3 is 0 Å². The van der Waals surface area contributed by atoms with Gasteiger partial charge in [-0.05, 0) is 19.3 Å². The molecule has 0 aromatic rings. The van der Waals surface area contributed by atoms with Crippen molar-refractivity contribution in [3.63, 3.8) is 0 Å². The molecule has 0 atom stereocenters. The van der Waals surface area contributed by atoms with Crippen LogP contribution in [0.3, 0.4) is 0 Å². The maximum atomic E-state index is 10.9. The van der Waals surface area contributed by atoms with E-state index >= 15 is 0 Å². The Kier molecular flexibility index (Phi) is 5.29. The van der Waals surface area contributed by atoms with E-state index in [1.165, 1.54) is 12.8 Å². The van der Waals surface area contributed by atoms with Crippen molar-refractivity contribution in [3.8, 4) is 0 Å². The molecule has 0 radical (unpaired) electrons. The van der Waals surface area contributed by atoms with Gasteiger partial charge < -0.3 is 9.80 Å². The largest absolute Gasteiger partial charge is 0.346 e. The lowest BCUT2D eigenvalue weighted by atomic mass is 10.2. The first kappa shape index (κ1) is 13.0. The van der Waals surface area contributed by atoms with E-state index in [9.17, 15) is 9.59 Å². The minimum absolute atomic E-state index is 0.292. The van der Waals surface area contributed by atoms with Gasteiger partial charge in [0, 0.05) is 40.0 Å². The summed E-state index contributed by atoms with van der Waals surface area (Å²) >= 11 is 0. The van der Waals surface area contributed by atoms with Crippen LogP contribution in [0, 0.1) is 0 Å². The zero-order valence-electron chi connectivity index (χ0n) is 10.4. The van der Waals surface area contributed by atoms with Crippen molar-refractivity contribution in [1.29, 1.82) is 0 Å². The first-order chi connectivity index (χ1) is 7.61. The van der Waals surface area contributed by atoms with Gasteiger partial charge in [0.15, 0.2) is 0 Å². The molecule has 0 spiro atoms. The molecule has 0 bridgehead atoms. The topological polar surface area (TPSA) is 40.6 Å². The number of likely N-dealkylation sites (tertiary alicyclic amines) is 2. The van der Waals surface area contributed by atoms with Crippen molar-refractivity contribution >= 4 is 11.8 Å².